The molecule has 0 aliphatic heterocycles. The maximum atomic E-state index is 3.26. The van der Waals surface area contributed by atoms with Gasteiger partial charge in [0.15, 0.2) is 0 Å². The normalized spacial score (nSPS) is 20.0. The molecule has 0 N–H and O–H groups in total. The largest absolute Gasteiger partial charge is 0.0885 e. The first-order valence-corrected chi connectivity index (χ1v) is 4.87. The Kier molecular flexibility index (Phi) is 5.35. The van der Waals surface area contributed by atoms with Crippen molar-refractivity contribution in [2.24, 2.45) is 0 Å². The Morgan fingerprint density at radius 3 is 2.50 bits per heavy atom. The molecule has 0 aromatic heterocycles. The molecular weight excluding hydrogens is 144 g/mol. The summed E-state index contributed by atoms with van der Waals surface area (Å²) in [5.74, 6) is 0. The van der Waals surface area contributed by atoms with Gasteiger partial charge in [0.2, 0.25) is 0 Å². The maximum absolute atomic E-state index is 3.26. The van der Waals surface area contributed by atoms with Gasteiger partial charge in [-0.25, -0.2) is 0 Å². The van der Waals surface area contributed by atoms with Crippen molar-refractivity contribution in [1.82, 2.24) is 0 Å². The van der Waals surface area contributed by atoms with Crippen LogP contribution in [0.3, 0.4) is 0 Å². The average Bonchev–Trinajstić information content (AvgIpc) is 2.05. The van der Waals surface area contributed by atoms with Gasteiger partial charge >= 0.3 is 0 Å². The highest BCUT2D eigenvalue weighted by atomic mass is 13.9. The molecule has 0 saturated heterocycles. The monoisotopic (exact) mass is 161 g/mol. The number of hydrogen-bond donors (Lipinski definition) is 0. The topological polar surface area (TPSA) is 0 Å². The molecule has 1 aliphatic carbocycles. The molecule has 1 aliphatic rings. The molecule has 0 bridgehead atoms. The van der Waals surface area contributed by atoms with Crippen molar-refractivity contribution in [2.45, 2.75) is 38.5 Å². The molecule has 1 rings (SSSR count). The van der Waals surface area contributed by atoms with Crippen LogP contribution in [0.5, 0.6) is 0 Å². The van der Waals surface area contributed by atoms with Crippen LogP contribution in [0.2, 0.25) is 0 Å². The maximum Gasteiger partial charge on any atom is -0.0273 e. The van der Waals surface area contributed by atoms with E-state index in [1.165, 1.54) is 32.1 Å². The first kappa shape index (κ1) is 9.31. The fourth-order valence-electron chi connectivity index (χ4n) is 1.23. The summed E-state index contributed by atoms with van der Waals surface area (Å²) >= 11 is 0. The van der Waals surface area contributed by atoms with Crippen LogP contribution in [-0.4, -0.2) is 0 Å². The summed E-state index contributed by atoms with van der Waals surface area (Å²) in [5.41, 5.74) is 0. The quantitative estimate of drug-likeness (QED) is 0.474. The lowest BCUT2D eigenvalue weighted by atomic mass is 10.1. The average molecular weight is 161 g/mol. The predicted octanol–water partition coefficient (Wildman–Crippen LogP) is 3.81. The van der Waals surface area contributed by atoms with Gasteiger partial charge in [-0.3, -0.25) is 0 Å². The van der Waals surface area contributed by atoms with Gasteiger partial charge in [-0.2, -0.15) is 0 Å². The summed E-state index contributed by atoms with van der Waals surface area (Å²) in [6, 6.07) is 0. The zero-order valence-electron chi connectivity index (χ0n) is 7.63. The molecule has 0 amide bonds. The van der Waals surface area contributed by atoms with E-state index in [1.54, 1.807) is 0 Å². The van der Waals surface area contributed by atoms with Gasteiger partial charge in [-0.05, 0) is 44.6 Å². The van der Waals surface area contributed by atoms with Crippen LogP contribution >= 0.6 is 0 Å². The summed E-state index contributed by atoms with van der Waals surface area (Å²) in [5, 5.41) is 0. The van der Waals surface area contributed by atoms with Crippen LogP contribution < -0.4 is 0 Å². The molecule has 12 heavy (non-hydrogen) atoms. The third-order valence-electron chi connectivity index (χ3n) is 1.95. The summed E-state index contributed by atoms with van der Waals surface area (Å²) in [7, 11) is 0. The third-order valence-corrected chi connectivity index (χ3v) is 1.95. The highest BCUT2D eigenvalue weighted by Crippen LogP contribution is 2.03. The highest BCUT2D eigenvalue weighted by Gasteiger charge is 1.84. The smallest absolute Gasteiger partial charge is 0.0273 e. The van der Waals surface area contributed by atoms with Crippen molar-refractivity contribution in [3.05, 3.63) is 36.5 Å². The third kappa shape index (κ3) is 4.95. The van der Waals surface area contributed by atoms with E-state index in [0.29, 0.717) is 0 Å². The highest BCUT2D eigenvalue weighted by molar-refractivity contribution is 4.99. The van der Waals surface area contributed by atoms with Crippen LogP contribution in [-0.2, 0) is 0 Å². The molecule has 0 unspecified atom stereocenters. The van der Waals surface area contributed by atoms with E-state index in [4.69, 9.17) is 0 Å². The molecule has 65 valence electrons. The van der Waals surface area contributed by atoms with Crippen LogP contribution in [0.1, 0.15) is 38.5 Å². The van der Waals surface area contributed by atoms with Crippen LogP contribution in [0.15, 0.2) is 30.4 Å². The molecule has 0 atom stereocenters. The number of rotatable bonds is 0. The molecule has 0 heterocycles. The summed E-state index contributed by atoms with van der Waals surface area (Å²) in [6.07, 6.45) is 21.5. The van der Waals surface area contributed by atoms with E-state index in [0.717, 1.165) is 6.42 Å². The summed E-state index contributed by atoms with van der Waals surface area (Å²) < 4.78 is 0. The molecule has 0 saturated carbocycles. The van der Waals surface area contributed by atoms with Gasteiger partial charge in [0.25, 0.3) is 0 Å². The van der Waals surface area contributed by atoms with Crippen LogP contribution in [0.4, 0.5) is 0 Å². The lowest BCUT2D eigenvalue weighted by Gasteiger charge is -1.93. The minimum absolute atomic E-state index is 1.09. The van der Waals surface area contributed by atoms with E-state index >= 15 is 0 Å². The molecule has 1 radical (unpaired) electrons. The van der Waals surface area contributed by atoms with Crippen molar-refractivity contribution in [3.63, 3.8) is 0 Å². The van der Waals surface area contributed by atoms with Crippen molar-refractivity contribution in [1.29, 1.82) is 0 Å². The fourth-order valence-corrected chi connectivity index (χ4v) is 1.23. The Hall–Kier alpha value is -0.780. The molecule has 0 nitrogen and oxygen atoms in total. The molecule has 0 fully saturated rings. The van der Waals surface area contributed by atoms with E-state index in [-0.39, 0.29) is 0 Å². The number of hydrogen-bond acceptors (Lipinski definition) is 0. The summed E-state index contributed by atoms with van der Waals surface area (Å²) in [4.78, 5) is 0. The Labute approximate surface area is 75.7 Å². The minimum Gasteiger partial charge on any atom is -0.0885 e. The van der Waals surface area contributed by atoms with E-state index < -0.39 is 0 Å². The minimum atomic E-state index is 1.09. The van der Waals surface area contributed by atoms with Gasteiger partial charge in [0.05, 0.1) is 0 Å². The lowest BCUT2D eigenvalue weighted by Crippen LogP contribution is -1.73. The number of allylic oxidation sites excluding steroid dienone is 6. The molecule has 0 aromatic rings. The predicted molar refractivity (Wildman–Crippen MR) is 53.8 cm³/mol. The standard InChI is InChI=1S/C12H17/c1-2-4-6-8-10-12-11-9-7-5-3-1/h1-3,10,12H,4,6-9,11H2. The Bertz CT molecular complexity index is 152. The van der Waals surface area contributed by atoms with Gasteiger partial charge in [0.1, 0.15) is 0 Å². The molecule has 0 heteroatoms. The zero-order chi connectivity index (χ0) is 8.49. The fraction of sp³-hybridized carbons (Fsp3) is 0.500. The molecule has 0 aromatic carbocycles. The molecule has 0 spiro atoms. The van der Waals surface area contributed by atoms with E-state index in [1.807, 2.05) is 6.08 Å². The molecular formula is C12H17. The zero-order valence-corrected chi connectivity index (χ0v) is 7.63. The van der Waals surface area contributed by atoms with E-state index in [9.17, 15) is 0 Å². The van der Waals surface area contributed by atoms with Gasteiger partial charge in [-0.15, -0.1) is 0 Å². The van der Waals surface area contributed by atoms with Crippen LogP contribution in [0, 0.1) is 6.08 Å². The lowest BCUT2D eigenvalue weighted by molar-refractivity contribution is 0.831. The SMILES string of the molecule is [C]1=CC=CCCCC=CCCC1. The Balaban J connectivity index is 2.30. The van der Waals surface area contributed by atoms with E-state index in [2.05, 4.69) is 30.4 Å². The van der Waals surface area contributed by atoms with Crippen molar-refractivity contribution in [2.75, 3.05) is 0 Å². The summed E-state index contributed by atoms with van der Waals surface area (Å²) in [6.45, 7) is 0. The second-order valence-electron chi connectivity index (χ2n) is 3.09. The second kappa shape index (κ2) is 6.90. The van der Waals surface area contributed by atoms with Crippen molar-refractivity contribution >= 4 is 0 Å². The first-order valence-electron chi connectivity index (χ1n) is 4.87. The van der Waals surface area contributed by atoms with Gasteiger partial charge in [0, 0.05) is 0 Å². The van der Waals surface area contributed by atoms with Gasteiger partial charge in [-0.1, -0.05) is 30.4 Å². The van der Waals surface area contributed by atoms with Gasteiger partial charge < -0.3 is 0 Å². The first-order chi connectivity index (χ1) is 6.00. The Morgan fingerprint density at radius 1 is 0.833 bits per heavy atom. The second-order valence-corrected chi connectivity index (χ2v) is 3.09. The Morgan fingerprint density at radius 2 is 1.58 bits per heavy atom. The van der Waals surface area contributed by atoms with Crippen LogP contribution in [0.25, 0.3) is 0 Å². The van der Waals surface area contributed by atoms with Crippen molar-refractivity contribution < 1.29 is 0 Å². The van der Waals surface area contributed by atoms with Crippen molar-refractivity contribution in [3.8, 4) is 0 Å².